The van der Waals surface area contributed by atoms with Crippen LogP contribution in [0.5, 0.6) is 0 Å². The number of β-amino-alcohol motifs (C(OH)–C–C–N with tert-alkyl or cyclic N) is 1. The summed E-state index contributed by atoms with van der Waals surface area (Å²) in [7, 11) is 0. The van der Waals surface area contributed by atoms with E-state index in [1.165, 1.54) is 0 Å². The van der Waals surface area contributed by atoms with Crippen molar-refractivity contribution in [3.8, 4) is 0 Å². The standard InChI is InChI=1S/C10H18N2O3/c11-10(2-5-15-6-3-10)9(14)12-4-1-8(13)7-12/h8,13H,1-7,11H2/t8-/m0/s1. The lowest BCUT2D eigenvalue weighted by molar-refractivity contribution is -0.139. The van der Waals surface area contributed by atoms with Crippen LogP contribution in [0, 0.1) is 0 Å². The highest BCUT2D eigenvalue weighted by Crippen LogP contribution is 2.22. The normalized spacial score (nSPS) is 30.5. The van der Waals surface area contributed by atoms with Gasteiger partial charge in [0.05, 0.1) is 11.6 Å². The number of nitrogens with two attached hydrogens (primary N) is 1. The van der Waals surface area contributed by atoms with Crippen molar-refractivity contribution >= 4 is 5.91 Å². The first kappa shape index (κ1) is 10.9. The minimum Gasteiger partial charge on any atom is -0.391 e. The number of hydrogen-bond acceptors (Lipinski definition) is 4. The fourth-order valence-electron chi connectivity index (χ4n) is 2.19. The van der Waals surface area contributed by atoms with Crippen LogP contribution in [-0.4, -0.2) is 53.9 Å². The van der Waals surface area contributed by atoms with Crippen LogP contribution in [0.15, 0.2) is 0 Å². The second-order valence-electron chi connectivity index (χ2n) is 4.46. The van der Waals surface area contributed by atoms with Crippen molar-refractivity contribution in [3.05, 3.63) is 0 Å². The number of rotatable bonds is 1. The van der Waals surface area contributed by atoms with Gasteiger partial charge in [-0.25, -0.2) is 0 Å². The molecule has 2 heterocycles. The number of aliphatic hydroxyl groups is 1. The van der Waals surface area contributed by atoms with E-state index in [2.05, 4.69) is 0 Å². The first-order chi connectivity index (χ1) is 7.12. The van der Waals surface area contributed by atoms with Crippen molar-refractivity contribution < 1.29 is 14.6 Å². The lowest BCUT2D eigenvalue weighted by Gasteiger charge is -2.35. The Morgan fingerprint density at radius 3 is 2.67 bits per heavy atom. The summed E-state index contributed by atoms with van der Waals surface area (Å²) in [5.74, 6) is -0.0256. The molecule has 2 fully saturated rings. The van der Waals surface area contributed by atoms with Gasteiger partial charge in [0.15, 0.2) is 0 Å². The topological polar surface area (TPSA) is 75.8 Å². The van der Waals surface area contributed by atoms with Crippen molar-refractivity contribution in [3.63, 3.8) is 0 Å². The lowest BCUT2D eigenvalue weighted by Crippen LogP contribution is -2.57. The molecule has 2 saturated heterocycles. The molecule has 2 rings (SSSR count). The van der Waals surface area contributed by atoms with E-state index in [0.717, 1.165) is 0 Å². The maximum atomic E-state index is 12.1. The Labute approximate surface area is 89.2 Å². The van der Waals surface area contributed by atoms with Gasteiger partial charge in [0, 0.05) is 26.3 Å². The summed E-state index contributed by atoms with van der Waals surface area (Å²) in [6.07, 6.45) is 1.45. The van der Waals surface area contributed by atoms with Crippen LogP contribution in [0.25, 0.3) is 0 Å². The van der Waals surface area contributed by atoms with Gasteiger partial charge in [0.1, 0.15) is 0 Å². The summed E-state index contributed by atoms with van der Waals surface area (Å²) in [6, 6.07) is 0. The Morgan fingerprint density at radius 1 is 1.47 bits per heavy atom. The molecule has 2 aliphatic rings. The van der Waals surface area contributed by atoms with E-state index in [-0.39, 0.29) is 12.0 Å². The summed E-state index contributed by atoms with van der Waals surface area (Å²) in [5.41, 5.74) is 5.31. The molecule has 1 amide bonds. The van der Waals surface area contributed by atoms with Crippen molar-refractivity contribution in [2.45, 2.75) is 30.9 Å². The molecule has 5 heteroatoms. The Kier molecular flexibility index (Phi) is 2.95. The van der Waals surface area contributed by atoms with E-state index in [1.54, 1.807) is 4.90 Å². The van der Waals surface area contributed by atoms with E-state index in [0.29, 0.717) is 45.6 Å². The molecule has 0 radical (unpaired) electrons. The average Bonchev–Trinajstić information content (AvgIpc) is 2.65. The first-order valence-corrected chi connectivity index (χ1v) is 5.46. The lowest BCUT2D eigenvalue weighted by atomic mass is 9.90. The third-order valence-corrected chi connectivity index (χ3v) is 3.26. The molecule has 0 aromatic carbocycles. The predicted molar refractivity (Wildman–Crippen MR) is 54.2 cm³/mol. The van der Waals surface area contributed by atoms with Gasteiger partial charge in [-0.15, -0.1) is 0 Å². The van der Waals surface area contributed by atoms with Crippen LogP contribution >= 0.6 is 0 Å². The predicted octanol–water partition coefficient (Wildman–Crippen LogP) is -0.912. The minimum atomic E-state index is -0.762. The fraction of sp³-hybridized carbons (Fsp3) is 0.900. The van der Waals surface area contributed by atoms with Gasteiger partial charge in [0.25, 0.3) is 0 Å². The molecule has 2 aliphatic heterocycles. The quantitative estimate of drug-likeness (QED) is 0.592. The summed E-state index contributed by atoms with van der Waals surface area (Å²) in [4.78, 5) is 13.8. The molecule has 0 bridgehead atoms. The summed E-state index contributed by atoms with van der Waals surface area (Å²) in [5, 5.41) is 9.37. The molecule has 5 nitrogen and oxygen atoms in total. The smallest absolute Gasteiger partial charge is 0.242 e. The zero-order chi connectivity index (χ0) is 10.9. The van der Waals surface area contributed by atoms with E-state index < -0.39 is 5.54 Å². The molecule has 0 aromatic rings. The van der Waals surface area contributed by atoms with Gasteiger partial charge in [-0.2, -0.15) is 0 Å². The Balaban J connectivity index is 1.99. The number of nitrogens with zero attached hydrogens (tertiary/aromatic N) is 1. The molecule has 15 heavy (non-hydrogen) atoms. The first-order valence-electron chi connectivity index (χ1n) is 5.46. The second-order valence-corrected chi connectivity index (χ2v) is 4.46. The molecule has 86 valence electrons. The van der Waals surface area contributed by atoms with Gasteiger partial charge >= 0.3 is 0 Å². The zero-order valence-corrected chi connectivity index (χ0v) is 8.82. The van der Waals surface area contributed by atoms with E-state index in [4.69, 9.17) is 10.5 Å². The molecular formula is C10H18N2O3. The molecule has 0 spiro atoms. The Hall–Kier alpha value is -0.650. The monoisotopic (exact) mass is 214 g/mol. The van der Waals surface area contributed by atoms with Crippen LogP contribution in [0.1, 0.15) is 19.3 Å². The van der Waals surface area contributed by atoms with E-state index >= 15 is 0 Å². The number of amides is 1. The molecular weight excluding hydrogens is 196 g/mol. The summed E-state index contributed by atoms with van der Waals surface area (Å²) >= 11 is 0. The van der Waals surface area contributed by atoms with Crippen LogP contribution in [0.3, 0.4) is 0 Å². The summed E-state index contributed by atoms with van der Waals surface area (Å²) < 4.78 is 5.20. The number of ether oxygens (including phenoxy) is 1. The number of aliphatic hydroxyl groups excluding tert-OH is 1. The van der Waals surface area contributed by atoms with E-state index in [9.17, 15) is 9.90 Å². The van der Waals surface area contributed by atoms with Crippen molar-refractivity contribution in [1.82, 2.24) is 4.90 Å². The molecule has 0 saturated carbocycles. The minimum absolute atomic E-state index is 0.0256. The molecule has 0 aliphatic carbocycles. The number of likely N-dealkylation sites (tertiary alicyclic amines) is 1. The van der Waals surface area contributed by atoms with Crippen LogP contribution in [0.4, 0.5) is 0 Å². The van der Waals surface area contributed by atoms with Gasteiger partial charge < -0.3 is 20.5 Å². The largest absolute Gasteiger partial charge is 0.391 e. The Morgan fingerprint density at radius 2 is 2.13 bits per heavy atom. The Bertz CT molecular complexity index is 251. The zero-order valence-electron chi connectivity index (χ0n) is 8.82. The average molecular weight is 214 g/mol. The highest BCUT2D eigenvalue weighted by molar-refractivity contribution is 5.86. The van der Waals surface area contributed by atoms with Crippen LogP contribution in [-0.2, 0) is 9.53 Å². The maximum absolute atomic E-state index is 12.1. The number of carbonyl (C=O) groups excluding carboxylic acids is 1. The maximum Gasteiger partial charge on any atom is 0.242 e. The molecule has 3 N–H and O–H groups in total. The van der Waals surface area contributed by atoms with Crippen molar-refractivity contribution in [2.24, 2.45) is 5.73 Å². The van der Waals surface area contributed by atoms with Gasteiger partial charge in [-0.05, 0) is 19.3 Å². The van der Waals surface area contributed by atoms with Gasteiger partial charge in [-0.1, -0.05) is 0 Å². The number of carbonyl (C=O) groups is 1. The van der Waals surface area contributed by atoms with Crippen LogP contribution < -0.4 is 5.73 Å². The van der Waals surface area contributed by atoms with Gasteiger partial charge in [-0.3, -0.25) is 4.79 Å². The van der Waals surface area contributed by atoms with Crippen molar-refractivity contribution in [2.75, 3.05) is 26.3 Å². The number of hydrogen-bond donors (Lipinski definition) is 2. The van der Waals surface area contributed by atoms with Crippen LogP contribution in [0.2, 0.25) is 0 Å². The highest BCUT2D eigenvalue weighted by Gasteiger charge is 2.40. The summed E-state index contributed by atoms with van der Waals surface area (Å²) in [6.45, 7) is 2.16. The molecule has 0 aromatic heterocycles. The molecule has 1 atom stereocenters. The SMILES string of the molecule is NC1(C(=O)N2CC[C@H](O)C2)CCOCC1. The third kappa shape index (κ3) is 2.14. The van der Waals surface area contributed by atoms with Crippen molar-refractivity contribution in [1.29, 1.82) is 0 Å². The second kappa shape index (κ2) is 4.08. The fourth-order valence-corrected chi connectivity index (χ4v) is 2.19. The highest BCUT2D eigenvalue weighted by atomic mass is 16.5. The van der Waals surface area contributed by atoms with Gasteiger partial charge in [0.2, 0.25) is 5.91 Å². The molecule has 0 unspecified atom stereocenters. The third-order valence-electron chi connectivity index (χ3n) is 3.26. The van der Waals surface area contributed by atoms with E-state index in [1.807, 2.05) is 0 Å².